The molecular formula is C21H19N5O4. The molecular weight excluding hydrogens is 386 g/mol. The van der Waals surface area contributed by atoms with Crippen molar-refractivity contribution in [2.24, 2.45) is 0 Å². The minimum absolute atomic E-state index is 0.00708. The third-order valence-electron chi connectivity index (χ3n) is 5.00. The molecule has 2 N–H and O–H groups in total. The molecule has 0 spiro atoms. The Balaban J connectivity index is 2.11. The van der Waals surface area contributed by atoms with E-state index < -0.39 is 17.5 Å². The summed E-state index contributed by atoms with van der Waals surface area (Å²) in [5.74, 6) is -1.11. The molecule has 4 rings (SSSR count). The van der Waals surface area contributed by atoms with Gasteiger partial charge in [0.1, 0.15) is 17.5 Å². The smallest absolute Gasteiger partial charge is 0.343 e. The predicted molar refractivity (Wildman–Crippen MR) is 107 cm³/mol. The van der Waals surface area contributed by atoms with E-state index in [0.29, 0.717) is 10.9 Å². The van der Waals surface area contributed by atoms with Gasteiger partial charge in [0.05, 0.1) is 25.0 Å². The molecule has 9 heteroatoms. The average molecular weight is 405 g/mol. The van der Waals surface area contributed by atoms with E-state index in [9.17, 15) is 14.9 Å². The van der Waals surface area contributed by atoms with Crippen molar-refractivity contribution in [3.8, 4) is 6.07 Å². The van der Waals surface area contributed by atoms with Crippen molar-refractivity contribution < 1.29 is 19.1 Å². The minimum atomic E-state index is -1.78. The number of aromatic nitrogens is 3. The highest BCUT2D eigenvalue weighted by Crippen LogP contribution is 2.44. The highest BCUT2D eigenvalue weighted by atomic mass is 16.5. The molecule has 3 heterocycles. The number of H-pyrrole nitrogens is 1. The van der Waals surface area contributed by atoms with Crippen LogP contribution in [0.25, 0.3) is 10.9 Å². The van der Waals surface area contributed by atoms with Gasteiger partial charge in [-0.1, -0.05) is 18.2 Å². The zero-order valence-electron chi connectivity index (χ0n) is 16.4. The van der Waals surface area contributed by atoms with Gasteiger partial charge in [-0.3, -0.25) is 0 Å². The lowest BCUT2D eigenvalue weighted by Crippen LogP contribution is -2.51. The van der Waals surface area contributed by atoms with E-state index in [4.69, 9.17) is 9.47 Å². The maximum absolute atomic E-state index is 13.6. The first-order chi connectivity index (χ1) is 14.6. The van der Waals surface area contributed by atoms with Gasteiger partial charge in [-0.15, -0.1) is 0 Å². The third kappa shape index (κ3) is 2.58. The summed E-state index contributed by atoms with van der Waals surface area (Å²) in [6, 6.07) is 9.43. The van der Waals surface area contributed by atoms with Crippen LogP contribution in [0.3, 0.4) is 0 Å². The van der Waals surface area contributed by atoms with Crippen LogP contribution in [0.15, 0.2) is 48.4 Å². The zero-order valence-corrected chi connectivity index (χ0v) is 16.4. The molecule has 0 saturated heterocycles. The number of benzene rings is 1. The summed E-state index contributed by atoms with van der Waals surface area (Å²) in [7, 11) is 0. The molecule has 30 heavy (non-hydrogen) atoms. The molecule has 1 aliphatic heterocycles. The molecule has 152 valence electrons. The molecule has 0 unspecified atom stereocenters. The first-order valence-corrected chi connectivity index (χ1v) is 9.46. The summed E-state index contributed by atoms with van der Waals surface area (Å²) in [4.78, 5) is 29.7. The van der Waals surface area contributed by atoms with E-state index in [1.54, 1.807) is 20.0 Å². The Kier molecular flexibility index (Phi) is 4.75. The fourth-order valence-electron chi connectivity index (χ4n) is 3.77. The van der Waals surface area contributed by atoms with Crippen LogP contribution in [-0.4, -0.2) is 39.9 Å². The zero-order chi connectivity index (χ0) is 21.3. The highest BCUT2D eigenvalue weighted by molar-refractivity contribution is 6.06. The highest BCUT2D eigenvalue weighted by Gasteiger charge is 2.55. The number of nitrogens with one attached hydrogen (secondary N) is 2. The number of fused-ring (bicyclic) bond motifs is 2. The first kappa shape index (κ1) is 19.3. The Labute approximate surface area is 171 Å². The minimum Gasteiger partial charge on any atom is -0.464 e. The van der Waals surface area contributed by atoms with Gasteiger partial charge in [0.2, 0.25) is 5.54 Å². The van der Waals surface area contributed by atoms with Crippen molar-refractivity contribution in [2.45, 2.75) is 19.4 Å². The molecule has 9 nitrogen and oxygen atoms in total. The van der Waals surface area contributed by atoms with Gasteiger partial charge < -0.3 is 19.8 Å². The van der Waals surface area contributed by atoms with E-state index in [0.717, 1.165) is 5.52 Å². The van der Waals surface area contributed by atoms with Gasteiger partial charge in [0, 0.05) is 28.9 Å². The molecule has 3 aromatic rings. The number of aromatic amines is 1. The van der Waals surface area contributed by atoms with Crippen LogP contribution in [0.1, 0.15) is 25.0 Å². The Morgan fingerprint density at radius 3 is 2.73 bits per heavy atom. The largest absolute Gasteiger partial charge is 0.464 e. The van der Waals surface area contributed by atoms with E-state index in [1.165, 1.54) is 17.1 Å². The Morgan fingerprint density at radius 1 is 1.23 bits per heavy atom. The molecule has 0 amide bonds. The van der Waals surface area contributed by atoms with Crippen molar-refractivity contribution in [1.29, 1.82) is 5.26 Å². The number of carbonyl (C=O) groups is 2. The summed E-state index contributed by atoms with van der Waals surface area (Å²) in [5, 5.41) is 17.4. The van der Waals surface area contributed by atoms with E-state index in [-0.39, 0.29) is 30.2 Å². The molecule has 0 aliphatic carbocycles. The Bertz CT molecular complexity index is 1220. The number of nitriles is 1. The van der Waals surface area contributed by atoms with Crippen LogP contribution in [0, 0.1) is 11.3 Å². The number of nitrogens with zero attached hydrogens (tertiary/aromatic N) is 3. The van der Waals surface area contributed by atoms with Crippen molar-refractivity contribution >= 4 is 28.7 Å². The summed E-state index contributed by atoms with van der Waals surface area (Å²) >= 11 is 0. The van der Waals surface area contributed by atoms with Gasteiger partial charge in [-0.2, -0.15) is 10.4 Å². The topological polar surface area (TPSA) is 122 Å². The molecule has 1 atom stereocenters. The van der Waals surface area contributed by atoms with Crippen molar-refractivity contribution in [2.75, 3.05) is 18.5 Å². The molecule has 0 bridgehead atoms. The van der Waals surface area contributed by atoms with Gasteiger partial charge in [0.15, 0.2) is 0 Å². The molecule has 2 aromatic heterocycles. The third-order valence-corrected chi connectivity index (χ3v) is 5.00. The van der Waals surface area contributed by atoms with Gasteiger partial charge in [-0.05, 0) is 19.9 Å². The van der Waals surface area contributed by atoms with Gasteiger partial charge >= 0.3 is 11.9 Å². The Morgan fingerprint density at radius 2 is 2.00 bits per heavy atom. The first-order valence-electron chi connectivity index (χ1n) is 9.46. The molecule has 1 aromatic carbocycles. The second-order valence-electron chi connectivity index (χ2n) is 6.53. The van der Waals surface area contributed by atoms with Crippen LogP contribution >= 0.6 is 0 Å². The molecule has 0 saturated carbocycles. The number of hydrogen-bond donors (Lipinski definition) is 2. The van der Waals surface area contributed by atoms with E-state index in [2.05, 4.69) is 15.4 Å². The van der Waals surface area contributed by atoms with Crippen LogP contribution in [0.2, 0.25) is 0 Å². The van der Waals surface area contributed by atoms with Crippen molar-refractivity contribution in [3.05, 3.63) is 59.6 Å². The number of para-hydroxylation sites is 1. The number of hydrogen-bond acceptors (Lipinski definition) is 7. The van der Waals surface area contributed by atoms with E-state index in [1.807, 2.05) is 30.3 Å². The lowest BCUT2D eigenvalue weighted by atomic mass is 9.81. The normalized spacial score (nSPS) is 17.4. The summed E-state index contributed by atoms with van der Waals surface area (Å²) in [6.45, 7) is 3.58. The quantitative estimate of drug-likeness (QED) is 0.625. The Hall–Kier alpha value is -4.06. The maximum atomic E-state index is 13.6. The summed E-state index contributed by atoms with van der Waals surface area (Å²) < 4.78 is 12.0. The maximum Gasteiger partial charge on any atom is 0.343 e. The molecule has 0 fully saturated rings. The number of anilines is 1. The second-order valence-corrected chi connectivity index (χ2v) is 6.53. The van der Waals surface area contributed by atoms with Crippen LogP contribution in [-0.2, 0) is 24.6 Å². The fourth-order valence-corrected chi connectivity index (χ4v) is 3.77. The number of rotatable bonds is 5. The fraction of sp³-hybridized carbons (Fsp3) is 0.238. The lowest BCUT2D eigenvalue weighted by Gasteiger charge is -2.36. The van der Waals surface area contributed by atoms with Gasteiger partial charge in [0.25, 0.3) is 0 Å². The number of esters is 2. The summed E-state index contributed by atoms with van der Waals surface area (Å²) in [5.41, 5.74) is -0.314. The second kappa shape index (κ2) is 7.40. The molecule has 0 radical (unpaired) electrons. The van der Waals surface area contributed by atoms with Gasteiger partial charge in [-0.25, -0.2) is 14.3 Å². The predicted octanol–water partition coefficient (Wildman–Crippen LogP) is 2.42. The summed E-state index contributed by atoms with van der Waals surface area (Å²) in [6.07, 6.45) is 4.37. The lowest BCUT2D eigenvalue weighted by molar-refractivity contribution is -0.153. The monoisotopic (exact) mass is 405 g/mol. The van der Waals surface area contributed by atoms with Crippen molar-refractivity contribution in [1.82, 2.24) is 14.8 Å². The van der Waals surface area contributed by atoms with Crippen molar-refractivity contribution in [3.63, 3.8) is 0 Å². The van der Waals surface area contributed by atoms with Crippen LogP contribution < -0.4 is 5.32 Å². The van der Waals surface area contributed by atoms with Crippen LogP contribution in [0.4, 0.5) is 5.82 Å². The average Bonchev–Trinajstić information content (AvgIpc) is 3.37. The van der Waals surface area contributed by atoms with E-state index >= 15 is 0 Å². The SMILES string of the molecule is CCOC(=O)C1=CNc2c(C#N)cnn2[C@@]1(C(=O)OCC)c1c[nH]c2ccccc12. The standard InChI is InChI=1S/C21H19N5O4/c1-3-29-19(27)16-12-24-18-13(9-22)10-25-26(18)21(16,20(28)30-4-2)15-11-23-17-8-6-5-7-14(15)17/h5-8,10-12,23-24H,3-4H2,1-2H3/t21-/m0/s1. The number of ether oxygens (including phenoxy) is 2. The molecule has 1 aliphatic rings. The van der Waals surface area contributed by atoms with Crippen LogP contribution in [0.5, 0.6) is 0 Å². The number of carbonyl (C=O) groups excluding carboxylic acids is 2.